The average Bonchev–Trinajstić information content (AvgIpc) is 2.60. The first kappa shape index (κ1) is 19.2. The zero-order chi connectivity index (χ0) is 17.8. The summed E-state index contributed by atoms with van der Waals surface area (Å²) in [6.45, 7) is 8.72. The van der Waals surface area contributed by atoms with Crippen LogP contribution < -0.4 is 4.74 Å². The highest BCUT2D eigenvalue weighted by atomic mass is 32.2. The van der Waals surface area contributed by atoms with E-state index in [1.807, 2.05) is 20.8 Å². The van der Waals surface area contributed by atoms with Gasteiger partial charge in [0.25, 0.3) is 0 Å². The highest BCUT2D eigenvalue weighted by molar-refractivity contribution is 7.89. The second kappa shape index (κ2) is 7.82. The van der Waals surface area contributed by atoms with Gasteiger partial charge in [-0.1, -0.05) is 6.92 Å². The highest BCUT2D eigenvalue weighted by Crippen LogP contribution is 2.23. The van der Waals surface area contributed by atoms with Crippen molar-refractivity contribution in [3.63, 3.8) is 0 Å². The highest BCUT2D eigenvalue weighted by Gasteiger charge is 2.33. The smallest absolute Gasteiger partial charge is 0.243 e. The van der Waals surface area contributed by atoms with Gasteiger partial charge in [0.05, 0.1) is 18.1 Å². The van der Waals surface area contributed by atoms with Gasteiger partial charge in [-0.3, -0.25) is 4.90 Å². The Bertz CT molecular complexity index is 620. The summed E-state index contributed by atoms with van der Waals surface area (Å²) in [5.74, 6) is 0.685. The van der Waals surface area contributed by atoms with Crippen molar-refractivity contribution in [2.75, 3.05) is 39.4 Å². The van der Waals surface area contributed by atoms with Crippen LogP contribution in [0.25, 0.3) is 0 Å². The lowest BCUT2D eigenvalue weighted by Crippen LogP contribution is -2.56. The number of hydrogen-bond acceptors (Lipinski definition) is 5. The van der Waals surface area contributed by atoms with E-state index in [1.54, 1.807) is 24.3 Å². The molecule has 0 atom stereocenters. The summed E-state index contributed by atoms with van der Waals surface area (Å²) < 4.78 is 32.5. The Hall–Kier alpha value is -1.15. The number of benzene rings is 1. The molecule has 2 rings (SSSR count). The number of hydrogen-bond donors (Lipinski definition) is 1. The number of aliphatic hydroxyl groups excluding tert-OH is 1. The lowest BCUT2D eigenvalue weighted by atomic mass is 10.0. The number of piperazine rings is 1. The molecule has 0 radical (unpaired) electrons. The first-order valence-corrected chi connectivity index (χ1v) is 9.84. The molecule has 0 amide bonds. The molecule has 1 N–H and O–H groups in total. The Morgan fingerprint density at radius 2 is 1.71 bits per heavy atom. The molecule has 0 aliphatic carbocycles. The maximum atomic E-state index is 12.8. The molecule has 1 aromatic rings. The Balaban J connectivity index is 2.04. The van der Waals surface area contributed by atoms with Gasteiger partial charge in [0, 0.05) is 31.7 Å². The van der Waals surface area contributed by atoms with Crippen LogP contribution >= 0.6 is 0 Å². The molecule has 0 aromatic heterocycles. The summed E-state index contributed by atoms with van der Waals surface area (Å²) in [7, 11) is -3.49. The van der Waals surface area contributed by atoms with Crippen LogP contribution in [0.3, 0.4) is 0 Å². The average molecular weight is 356 g/mol. The summed E-state index contributed by atoms with van der Waals surface area (Å²) in [6, 6.07) is 6.61. The predicted molar refractivity (Wildman–Crippen MR) is 93.7 cm³/mol. The Morgan fingerprint density at radius 1 is 1.12 bits per heavy atom. The van der Waals surface area contributed by atoms with E-state index < -0.39 is 10.0 Å². The van der Waals surface area contributed by atoms with E-state index in [9.17, 15) is 13.5 Å². The van der Waals surface area contributed by atoms with Gasteiger partial charge < -0.3 is 9.84 Å². The first-order valence-electron chi connectivity index (χ1n) is 8.40. The molecule has 1 fully saturated rings. The van der Waals surface area contributed by atoms with Crippen LogP contribution in [0.2, 0.25) is 0 Å². The van der Waals surface area contributed by atoms with E-state index >= 15 is 0 Å². The standard InChI is InChI=1S/C17H28N2O4S/c1-4-13-23-15-5-7-16(8-6-15)24(21,22)19-11-9-18(10-12-19)17(2,3)14-20/h5-8,20H,4,9-14H2,1-3H3. The van der Waals surface area contributed by atoms with Crippen LogP contribution in [0.5, 0.6) is 5.75 Å². The van der Waals surface area contributed by atoms with Crippen molar-refractivity contribution < 1.29 is 18.3 Å². The second-order valence-corrected chi connectivity index (χ2v) is 8.62. The largest absolute Gasteiger partial charge is 0.494 e. The normalized spacial score (nSPS) is 17.8. The SMILES string of the molecule is CCCOc1ccc(S(=O)(=O)N2CCN(C(C)(C)CO)CC2)cc1. The second-order valence-electron chi connectivity index (χ2n) is 6.68. The van der Waals surface area contributed by atoms with Crippen LogP contribution in [-0.2, 0) is 10.0 Å². The molecule has 1 aliphatic heterocycles. The van der Waals surface area contributed by atoms with Crippen molar-refractivity contribution in [2.45, 2.75) is 37.6 Å². The summed E-state index contributed by atoms with van der Waals surface area (Å²) in [5, 5.41) is 9.45. The van der Waals surface area contributed by atoms with E-state index in [0.717, 1.165) is 6.42 Å². The Morgan fingerprint density at radius 3 is 2.21 bits per heavy atom. The molecule has 1 saturated heterocycles. The van der Waals surface area contributed by atoms with Crippen LogP contribution in [0.1, 0.15) is 27.2 Å². The van der Waals surface area contributed by atoms with Gasteiger partial charge in [-0.05, 0) is 44.5 Å². The molecule has 7 heteroatoms. The molecule has 0 unspecified atom stereocenters. The van der Waals surface area contributed by atoms with Crippen LogP contribution in [-0.4, -0.2) is 67.7 Å². The predicted octanol–water partition coefficient (Wildman–Crippen LogP) is 1.55. The molecule has 0 bridgehead atoms. The molecule has 1 heterocycles. The lowest BCUT2D eigenvalue weighted by molar-refractivity contribution is 0.0334. The molecule has 0 saturated carbocycles. The van der Waals surface area contributed by atoms with Crippen LogP contribution in [0.4, 0.5) is 0 Å². The fraction of sp³-hybridized carbons (Fsp3) is 0.647. The number of rotatable bonds is 7. The molecule has 1 aliphatic rings. The quantitative estimate of drug-likeness (QED) is 0.803. The monoisotopic (exact) mass is 356 g/mol. The van der Waals surface area contributed by atoms with E-state index in [-0.39, 0.29) is 12.1 Å². The zero-order valence-electron chi connectivity index (χ0n) is 14.7. The van der Waals surface area contributed by atoms with Gasteiger partial charge in [-0.2, -0.15) is 4.31 Å². The molecule has 1 aromatic carbocycles. The van der Waals surface area contributed by atoms with Crippen molar-refractivity contribution in [3.05, 3.63) is 24.3 Å². The molecule has 0 spiro atoms. The van der Waals surface area contributed by atoms with Crippen molar-refractivity contribution >= 4 is 10.0 Å². The third-order valence-corrected chi connectivity index (χ3v) is 6.33. The van der Waals surface area contributed by atoms with E-state index in [2.05, 4.69) is 4.90 Å². The summed E-state index contributed by atoms with van der Waals surface area (Å²) in [5.41, 5.74) is -0.325. The number of ether oxygens (including phenoxy) is 1. The zero-order valence-corrected chi connectivity index (χ0v) is 15.6. The van der Waals surface area contributed by atoms with Crippen molar-refractivity contribution in [3.8, 4) is 5.75 Å². The van der Waals surface area contributed by atoms with Crippen LogP contribution in [0, 0.1) is 0 Å². The first-order chi connectivity index (χ1) is 11.3. The summed E-state index contributed by atoms with van der Waals surface area (Å²) in [6.07, 6.45) is 0.911. The van der Waals surface area contributed by atoms with Gasteiger partial charge in [0.1, 0.15) is 5.75 Å². The van der Waals surface area contributed by atoms with Gasteiger partial charge in [0.2, 0.25) is 10.0 Å². The van der Waals surface area contributed by atoms with Gasteiger partial charge in [-0.25, -0.2) is 8.42 Å². The molecule has 24 heavy (non-hydrogen) atoms. The van der Waals surface area contributed by atoms with E-state index in [4.69, 9.17) is 4.74 Å². The minimum absolute atomic E-state index is 0.0545. The lowest BCUT2D eigenvalue weighted by Gasteiger charge is -2.42. The molecule has 6 nitrogen and oxygen atoms in total. The number of nitrogens with zero attached hydrogens (tertiary/aromatic N) is 2. The maximum Gasteiger partial charge on any atom is 0.243 e. The Labute approximate surface area is 145 Å². The maximum absolute atomic E-state index is 12.8. The fourth-order valence-corrected chi connectivity index (χ4v) is 4.13. The molecular formula is C17H28N2O4S. The Kier molecular flexibility index (Phi) is 6.25. The van der Waals surface area contributed by atoms with Crippen molar-refractivity contribution in [1.82, 2.24) is 9.21 Å². The molecular weight excluding hydrogens is 328 g/mol. The minimum atomic E-state index is -3.49. The van der Waals surface area contributed by atoms with Crippen LogP contribution in [0.15, 0.2) is 29.2 Å². The number of aliphatic hydroxyl groups is 1. The third kappa shape index (κ3) is 4.27. The summed E-state index contributed by atoms with van der Waals surface area (Å²) >= 11 is 0. The topological polar surface area (TPSA) is 70.1 Å². The van der Waals surface area contributed by atoms with E-state index in [0.29, 0.717) is 43.4 Å². The third-order valence-electron chi connectivity index (χ3n) is 4.42. The van der Waals surface area contributed by atoms with Crippen molar-refractivity contribution in [1.29, 1.82) is 0 Å². The van der Waals surface area contributed by atoms with E-state index in [1.165, 1.54) is 4.31 Å². The van der Waals surface area contributed by atoms with Crippen molar-refractivity contribution in [2.24, 2.45) is 0 Å². The molecule has 136 valence electrons. The number of sulfonamides is 1. The fourth-order valence-electron chi connectivity index (χ4n) is 2.71. The van der Waals surface area contributed by atoms with Gasteiger partial charge in [0.15, 0.2) is 0 Å². The minimum Gasteiger partial charge on any atom is -0.494 e. The summed E-state index contributed by atoms with van der Waals surface area (Å²) in [4.78, 5) is 2.42. The van der Waals surface area contributed by atoms with Gasteiger partial charge in [-0.15, -0.1) is 0 Å². The van der Waals surface area contributed by atoms with Gasteiger partial charge >= 0.3 is 0 Å².